The van der Waals surface area contributed by atoms with Crippen molar-refractivity contribution >= 4 is 35.3 Å². The Hall–Kier alpha value is 3.05. The first-order chi connectivity index (χ1) is 13.8. The van der Waals surface area contributed by atoms with Crippen molar-refractivity contribution in [3.8, 4) is 0 Å². The van der Waals surface area contributed by atoms with Gasteiger partial charge < -0.3 is 77.9 Å². The number of nitrogens with zero attached hydrogens (tertiary/aromatic N) is 2. The number of carbonyl (C=O) groups excluding carboxylic acids is 4. The van der Waals surface area contributed by atoms with Crippen molar-refractivity contribution in [3.63, 3.8) is 0 Å². The topological polar surface area (TPSA) is 467 Å². The molecule has 41 heavy (non-hydrogen) atoms. The predicted octanol–water partition coefficient (Wildman–Crippen LogP) is -21.1. The summed E-state index contributed by atoms with van der Waals surface area (Å²) in [4.78, 5) is 60.5. The van der Waals surface area contributed by atoms with E-state index in [9.17, 15) is 59.8 Å². The van der Waals surface area contributed by atoms with Crippen LogP contribution < -0.4 is 296 Å². The molecule has 0 unspecified atom stereocenters. The third-order valence-corrected chi connectivity index (χ3v) is 3.20. The molecule has 0 spiro atoms. The number of carboxylic acids is 4. The molecule has 14 N–H and O–H groups in total. The standard InChI is InChI=1S/2C8H5NO6.4Cs.7H2O/c2*10-7(11)4-1-5(8(12)13)3-6(2-4)9(14)15;;;;;;;;;;;/h2*1-3H,(H,10,11)(H,12,13);;;;;7*1H2/q;;4*+1;;;;;;;/p-4. The van der Waals surface area contributed by atoms with E-state index in [0.717, 1.165) is 12.1 Å². The molecule has 0 aliphatic carbocycles. The Morgan fingerprint density at radius 2 is 0.561 bits per heavy atom. The van der Waals surface area contributed by atoms with Crippen molar-refractivity contribution in [2.24, 2.45) is 0 Å². The van der Waals surface area contributed by atoms with Crippen LogP contribution in [0.2, 0.25) is 0 Å². The van der Waals surface area contributed by atoms with E-state index in [-0.39, 0.29) is 314 Å². The van der Waals surface area contributed by atoms with E-state index in [1.807, 2.05) is 0 Å². The summed E-state index contributed by atoms with van der Waals surface area (Å²) in [6.45, 7) is 0. The zero-order valence-electron chi connectivity index (χ0n) is 21.8. The summed E-state index contributed by atoms with van der Waals surface area (Å²) in [6.07, 6.45) is 0. The SMILES string of the molecule is O.O.O.O.O.O.O.O=C([O-])c1cc(C(=O)[O-])cc([N+](=O)[O-])c1.O=C([O-])c1cc(C(=O)[O-])cc([N+](=O)[O-])c1.[Cs+].[Cs+].[Cs+].[Cs+]. The van der Waals surface area contributed by atoms with E-state index in [1.165, 1.54) is 0 Å². The van der Waals surface area contributed by atoms with Gasteiger partial charge in [-0.25, -0.2) is 0 Å². The van der Waals surface area contributed by atoms with Gasteiger partial charge in [-0.15, -0.1) is 0 Å². The van der Waals surface area contributed by atoms with Gasteiger partial charge >= 0.3 is 276 Å². The summed E-state index contributed by atoms with van der Waals surface area (Å²) in [5.41, 5.74) is -3.61. The minimum Gasteiger partial charge on any atom is -0.545 e. The van der Waals surface area contributed by atoms with E-state index in [2.05, 4.69) is 0 Å². The van der Waals surface area contributed by atoms with Crippen molar-refractivity contribution < 1.29 is 363 Å². The Morgan fingerprint density at radius 1 is 0.415 bits per heavy atom. The molecule has 0 fully saturated rings. The molecule has 0 bridgehead atoms. The van der Waals surface area contributed by atoms with Crippen molar-refractivity contribution in [1.29, 1.82) is 0 Å². The third kappa shape index (κ3) is 27.8. The number of non-ortho nitro benzene ring substituents is 2. The van der Waals surface area contributed by atoms with Gasteiger partial charge in [0.2, 0.25) is 0 Å². The monoisotopic (exact) mass is 1080 g/mol. The Kier molecular flexibility index (Phi) is 68.4. The maximum atomic E-state index is 10.4. The van der Waals surface area contributed by atoms with Gasteiger partial charge in [0.15, 0.2) is 0 Å². The van der Waals surface area contributed by atoms with Gasteiger partial charge in [-0.3, -0.25) is 20.2 Å². The second-order valence-corrected chi connectivity index (χ2v) is 5.20. The van der Waals surface area contributed by atoms with E-state index in [0.29, 0.717) is 24.3 Å². The largest absolute Gasteiger partial charge is 1.00 e. The number of hydrogen-bond acceptors (Lipinski definition) is 12. The van der Waals surface area contributed by atoms with E-state index in [1.54, 1.807) is 0 Å². The molecule has 0 aliphatic heterocycles. The minimum atomic E-state index is -1.69. The fourth-order valence-corrected chi connectivity index (χ4v) is 1.90. The van der Waals surface area contributed by atoms with Crippen LogP contribution in [0.3, 0.4) is 0 Å². The van der Waals surface area contributed by atoms with Crippen molar-refractivity contribution in [2.75, 3.05) is 0 Å². The summed E-state index contributed by atoms with van der Waals surface area (Å²) < 4.78 is 0. The van der Waals surface area contributed by atoms with Crippen molar-refractivity contribution in [3.05, 3.63) is 78.9 Å². The number of carbonyl (C=O) groups is 4. The maximum Gasteiger partial charge on any atom is 1.00 e. The second-order valence-electron chi connectivity index (χ2n) is 5.20. The normalized spacial score (nSPS) is 7.02. The van der Waals surface area contributed by atoms with Crippen molar-refractivity contribution in [2.45, 2.75) is 0 Å². The number of benzene rings is 2. The minimum absolute atomic E-state index is 0. The number of nitro benzene ring substituents is 2. The van der Waals surface area contributed by atoms with E-state index in [4.69, 9.17) is 0 Å². The average molecular weight is 1080 g/mol. The van der Waals surface area contributed by atoms with Crippen LogP contribution >= 0.6 is 0 Å². The zero-order chi connectivity index (χ0) is 23.2. The van der Waals surface area contributed by atoms with Crippen LogP contribution in [0, 0.1) is 20.2 Å². The quantitative estimate of drug-likeness (QED) is 0.192. The molecule has 2 aromatic rings. The van der Waals surface area contributed by atoms with Crippen LogP contribution in [0.15, 0.2) is 36.4 Å². The van der Waals surface area contributed by atoms with Crippen LogP contribution in [0.25, 0.3) is 0 Å². The average Bonchev–Trinajstić information content (AvgIpc) is 2.67. The molecule has 0 aromatic heterocycles. The fraction of sp³-hybridized carbons (Fsp3) is 0. The molecule has 212 valence electrons. The molecular formula is C16H20Cs4N2O19. The summed E-state index contributed by atoms with van der Waals surface area (Å²) in [6, 6.07) is 4.31. The van der Waals surface area contributed by atoms with Gasteiger partial charge in [0, 0.05) is 46.5 Å². The van der Waals surface area contributed by atoms with Crippen LogP contribution in [0.5, 0.6) is 0 Å². The second kappa shape index (κ2) is 37.5. The molecule has 0 heterocycles. The van der Waals surface area contributed by atoms with E-state index >= 15 is 0 Å². The number of hydrogen-bond donors (Lipinski definition) is 0. The summed E-state index contributed by atoms with van der Waals surface area (Å²) in [5, 5.41) is 62.3. The molecule has 0 saturated heterocycles. The van der Waals surface area contributed by atoms with Gasteiger partial charge in [0.1, 0.15) is 0 Å². The Labute approximate surface area is 464 Å². The van der Waals surface area contributed by atoms with Gasteiger partial charge in [-0.05, 0) is 12.1 Å². The van der Waals surface area contributed by atoms with Gasteiger partial charge in [-0.2, -0.15) is 0 Å². The summed E-state index contributed by atoms with van der Waals surface area (Å²) in [7, 11) is 0. The Balaban J connectivity index is -0.0000000385. The van der Waals surface area contributed by atoms with Gasteiger partial charge in [0.25, 0.3) is 11.4 Å². The Bertz CT molecular complexity index is 859. The van der Waals surface area contributed by atoms with Crippen LogP contribution in [0.4, 0.5) is 11.4 Å². The number of rotatable bonds is 6. The first-order valence-electron chi connectivity index (χ1n) is 7.27. The predicted molar refractivity (Wildman–Crippen MR) is 109 cm³/mol. The molecule has 21 nitrogen and oxygen atoms in total. The number of nitro groups is 2. The van der Waals surface area contributed by atoms with Crippen LogP contribution in [-0.2, 0) is 0 Å². The van der Waals surface area contributed by atoms with Gasteiger partial charge in [-0.1, -0.05) is 0 Å². The molecule has 0 amide bonds. The summed E-state index contributed by atoms with van der Waals surface area (Å²) >= 11 is 0. The van der Waals surface area contributed by atoms with E-state index < -0.39 is 67.4 Å². The molecule has 25 heteroatoms. The maximum absolute atomic E-state index is 10.4. The molecule has 2 aromatic carbocycles. The van der Waals surface area contributed by atoms with Gasteiger partial charge in [0.05, 0.1) is 33.7 Å². The first kappa shape index (κ1) is 74.7. The number of carboxylic acid groups (broad SMARTS) is 4. The fourth-order valence-electron chi connectivity index (χ4n) is 1.90. The molecule has 0 aliphatic rings. The smallest absolute Gasteiger partial charge is 0.545 e. The molecular weight excluding hydrogens is 1060 g/mol. The molecule has 2 rings (SSSR count). The zero-order valence-corrected chi connectivity index (χ0v) is 46.9. The van der Waals surface area contributed by atoms with Crippen LogP contribution in [-0.4, -0.2) is 72.1 Å². The summed E-state index contributed by atoms with van der Waals surface area (Å²) in [5.74, 6) is -6.77. The van der Waals surface area contributed by atoms with Crippen LogP contribution in [0.1, 0.15) is 41.4 Å². The van der Waals surface area contributed by atoms with Crippen molar-refractivity contribution in [1.82, 2.24) is 0 Å². The third-order valence-electron chi connectivity index (χ3n) is 3.20. The molecule has 0 saturated carbocycles. The number of aromatic carboxylic acids is 4. The molecule has 0 atom stereocenters. The molecule has 0 radical (unpaired) electrons. The first-order valence-corrected chi connectivity index (χ1v) is 7.27. The Morgan fingerprint density at radius 3 is 0.659 bits per heavy atom.